The van der Waals surface area contributed by atoms with Crippen LogP contribution in [-0.4, -0.2) is 38.6 Å². The predicted octanol–water partition coefficient (Wildman–Crippen LogP) is 2.56. The number of hydrogen-bond donors (Lipinski definition) is 1. The van der Waals surface area contributed by atoms with Crippen LogP contribution in [0.1, 0.15) is 18.4 Å². The highest BCUT2D eigenvalue weighted by Crippen LogP contribution is 2.33. The van der Waals surface area contributed by atoms with Gasteiger partial charge in [-0.25, -0.2) is 0 Å². The van der Waals surface area contributed by atoms with Crippen molar-refractivity contribution in [1.82, 2.24) is 5.32 Å². The standard InChI is InChI=1S/C21H24N2O4/c1-26-18-10-9-17(13-19(18)27-2)23-14-16(12-21(23)25)22-20(24)11-8-15-6-4-3-5-7-15/h3-7,9-10,13,16H,8,11-12,14H2,1-2H3,(H,22,24)/t16-/m1/s1. The number of nitrogens with zero attached hydrogens (tertiary/aromatic N) is 1. The molecule has 0 unspecified atom stereocenters. The number of nitrogens with one attached hydrogen (secondary N) is 1. The van der Waals surface area contributed by atoms with Gasteiger partial charge in [0.2, 0.25) is 11.8 Å². The summed E-state index contributed by atoms with van der Waals surface area (Å²) in [7, 11) is 3.13. The summed E-state index contributed by atoms with van der Waals surface area (Å²) >= 11 is 0. The van der Waals surface area contributed by atoms with Crippen LogP contribution in [0.4, 0.5) is 5.69 Å². The molecule has 2 amide bonds. The quantitative estimate of drug-likeness (QED) is 0.816. The van der Waals surface area contributed by atoms with Gasteiger partial charge in [0.25, 0.3) is 0 Å². The third-order valence-corrected chi connectivity index (χ3v) is 4.65. The molecule has 0 radical (unpaired) electrons. The number of carbonyl (C=O) groups excluding carboxylic acids is 2. The molecule has 0 bridgehead atoms. The van der Waals surface area contributed by atoms with E-state index in [0.717, 1.165) is 11.3 Å². The maximum atomic E-state index is 12.4. The summed E-state index contributed by atoms with van der Waals surface area (Å²) in [4.78, 5) is 26.3. The van der Waals surface area contributed by atoms with E-state index in [1.165, 1.54) is 0 Å². The minimum Gasteiger partial charge on any atom is -0.493 e. The molecule has 1 atom stereocenters. The Morgan fingerprint density at radius 3 is 2.56 bits per heavy atom. The van der Waals surface area contributed by atoms with E-state index >= 15 is 0 Å². The van der Waals surface area contributed by atoms with Crippen molar-refractivity contribution in [2.45, 2.75) is 25.3 Å². The van der Waals surface area contributed by atoms with E-state index < -0.39 is 0 Å². The van der Waals surface area contributed by atoms with Gasteiger partial charge in [-0.2, -0.15) is 0 Å². The highest BCUT2D eigenvalue weighted by Gasteiger charge is 2.31. The molecule has 1 N–H and O–H groups in total. The Balaban J connectivity index is 1.58. The van der Waals surface area contributed by atoms with E-state index in [1.54, 1.807) is 31.3 Å². The normalized spacial score (nSPS) is 16.3. The van der Waals surface area contributed by atoms with Crippen LogP contribution >= 0.6 is 0 Å². The molecule has 1 aliphatic rings. The van der Waals surface area contributed by atoms with E-state index in [-0.39, 0.29) is 17.9 Å². The predicted molar refractivity (Wildman–Crippen MR) is 103 cm³/mol. The first-order valence-electron chi connectivity index (χ1n) is 8.96. The van der Waals surface area contributed by atoms with Gasteiger partial charge in [-0.05, 0) is 24.1 Å². The number of ether oxygens (including phenoxy) is 2. The minimum absolute atomic E-state index is 0.0180. The topological polar surface area (TPSA) is 67.9 Å². The van der Waals surface area contributed by atoms with Gasteiger partial charge in [0.05, 0.1) is 20.3 Å². The second-order valence-corrected chi connectivity index (χ2v) is 6.50. The maximum Gasteiger partial charge on any atom is 0.229 e. The van der Waals surface area contributed by atoms with Gasteiger partial charge >= 0.3 is 0 Å². The first-order valence-corrected chi connectivity index (χ1v) is 8.96. The van der Waals surface area contributed by atoms with E-state index in [0.29, 0.717) is 37.3 Å². The fourth-order valence-electron chi connectivity index (χ4n) is 3.25. The average Bonchev–Trinajstić information content (AvgIpc) is 3.06. The lowest BCUT2D eigenvalue weighted by Crippen LogP contribution is -2.37. The summed E-state index contributed by atoms with van der Waals surface area (Å²) in [5.74, 6) is 1.12. The molecule has 142 valence electrons. The number of carbonyl (C=O) groups is 2. The van der Waals surface area contributed by atoms with Gasteiger partial charge in [0.1, 0.15) is 0 Å². The zero-order valence-corrected chi connectivity index (χ0v) is 15.6. The molecule has 1 fully saturated rings. The van der Waals surface area contributed by atoms with Crippen molar-refractivity contribution in [3.63, 3.8) is 0 Å². The zero-order chi connectivity index (χ0) is 19.2. The molecule has 6 nitrogen and oxygen atoms in total. The zero-order valence-electron chi connectivity index (χ0n) is 15.6. The lowest BCUT2D eigenvalue weighted by molar-refractivity contribution is -0.121. The summed E-state index contributed by atoms with van der Waals surface area (Å²) in [5.41, 5.74) is 1.86. The summed E-state index contributed by atoms with van der Waals surface area (Å²) in [6.07, 6.45) is 1.39. The van der Waals surface area contributed by atoms with E-state index in [9.17, 15) is 9.59 Å². The van der Waals surface area contributed by atoms with Crippen molar-refractivity contribution in [1.29, 1.82) is 0 Å². The number of methoxy groups -OCH3 is 2. The highest BCUT2D eigenvalue weighted by molar-refractivity contribution is 5.97. The van der Waals surface area contributed by atoms with Crippen molar-refractivity contribution < 1.29 is 19.1 Å². The first-order chi connectivity index (χ1) is 13.1. The maximum absolute atomic E-state index is 12.4. The SMILES string of the molecule is COc1ccc(N2C[C@H](NC(=O)CCc3ccccc3)CC2=O)cc1OC. The van der Waals surface area contributed by atoms with Crippen LogP contribution < -0.4 is 19.7 Å². The van der Waals surface area contributed by atoms with Crippen molar-refractivity contribution in [2.24, 2.45) is 0 Å². The fourth-order valence-corrected chi connectivity index (χ4v) is 3.25. The lowest BCUT2D eigenvalue weighted by atomic mass is 10.1. The Hall–Kier alpha value is -3.02. The van der Waals surface area contributed by atoms with Crippen LogP contribution in [0, 0.1) is 0 Å². The van der Waals surface area contributed by atoms with Crippen molar-refractivity contribution >= 4 is 17.5 Å². The van der Waals surface area contributed by atoms with Crippen LogP contribution in [0.15, 0.2) is 48.5 Å². The number of amides is 2. The number of aryl methyl sites for hydroxylation is 1. The van der Waals surface area contributed by atoms with E-state index in [4.69, 9.17) is 9.47 Å². The van der Waals surface area contributed by atoms with Crippen LogP contribution in [0.5, 0.6) is 11.5 Å². The van der Waals surface area contributed by atoms with Gasteiger partial charge in [0, 0.05) is 31.1 Å². The Morgan fingerprint density at radius 2 is 1.85 bits per heavy atom. The number of benzene rings is 2. The Morgan fingerprint density at radius 1 is 1.11 bits per heavy atom. The second kappa shape index (κ2) is 8.58. The highest BCUT2D eigenvalue weighted by atomic mass is 16.5. The van der Waals surface area contributed by atoms with Crippen molar-refractivity contribution in [2.75, 3.05) is 25.7 Å². The largest absolute Gasteiger partial charge is 0.493 e. The Kier molecular flexibility index (Phi) is 5.96. The van der Waals surface area contributed by atoms with Crippen LogP contribution in [0.3, 0.4) is 0 Å². The summed E-state index contributed by atoms with van der Waals surface area (Å²) in [5, 5.41) is 2.97. The molecule has 0 aromatic heterocycles. The van der Waals surface area contributed by atoms with Gasteiger partial charge in [-0.3, -0.25) is 9.59 Å². The van der Waals surface area contributed by atoms with E-state index in [2.05, 4.69) is 5.32 Å². The molecule has 6 heteroatoms. The molecule has 3 rings (SSSR count). The Labute approximate surface area is 159 Å². The number of hydrogen-bond acceptors (Lipinski definition) is 4. The van der Waals surface area contributed by atoms with Crippen LogP contribution in [0.25, 0.3) is 0 Å². The molecule has 1 saturated heterocycles. The third-order valence-electron chi connectivity index (χ3n) is 4.65. The first kappa shape index (κ1) is 18.8. The third kappa shape index (κ3) is 4.58. The van der Waals surface area contributed by atoms with Gasteiger partial charge in [-0.1, -0.05) is 30.3 Å². The van der Waals surface area contributed by atoms with Crippen LogP contribution in [-0.2, 0) is 16.0 Å². The summed E-state index contributed by atoms with van der Waals surface area (Å²) in [6.45, 7) is 0.450. The molecular formula is C21H24N2O4. The molecule has 2 aromatic rings. The van der Waals surface area contributed by atoms with Crippen molar-refractivity contribution in [3.8, 4) is 11.5 Å². The average molecular weight is 368 g/mol. The smallest absolute Gasteiger partial charge is 0.229 e. The number of rotatable bonds is 7. The molecular weight excluding hydrogens is 344 g/mol. The fraction of sp³-hybridized carbons (Fsp3) is 0.333. The second-order valence-electron chi connectivity index (χ2n) is 6.50. The van der Waals surface area contributed by atoms with Crippen LogP contribution in [0.2, 0.25) is 0 Å². The Bertz CT molecular complexity index is 807. The molecule has 27 heavy (non-hydrogen) atoms. The molecule has 2 aromatic carbocycles. The number of anilines is 1. The molecule has 0 saturated carbocycles. The molecule has 1 heterocycles. The molecule has 0 aliphatic carbocycles. The lowest BCUT2D eigenvalue weighted by Gasteiger charge is -2.19. The van der Waals surface area contributed by atoms with Gasteiger partial charge in [-0.15, -0.1) is 0 Å². The van der Waals surface area contributed by atoms with E-state index in [1.807, 2.05) is 36.4 Å². The minimum atomic E-state index is -0.186. The monoisotopic (exact) mass is 368 g/mol. The molecule has 1 aliphatic heterocycles. The van der Waals surface area contributed by atoms with Gasteiger partial charge in [0.15, 0.2) is 11.5 Å². The summed E-state index contributed by atoms with van der Waals surface area (Å²) in [6, 6.07) is 15.1. The van der Waals surface area contributed by atoms with Crippen molar-refractivity contribution in [3.05, 3.63) is 54.1 Å². The van der Waals surface area contributed by atoms with Gasteiger partial charge < -0.3 is 19.7 Å². The summed E-state index contributed by atoms with van der Waals surface area (Å²) < 4.78 is 10.5. The molecule has 0 spiro atoms.